The van der Waals surface area contributed by atoms with Gasteiger partial charge in [-0.2, -0.15) is 8.42 Å². The average molecular weight is 327 g/mol. The van der Waals surface area contributed by atoms with Gasteiger partial charge in [-0.15, -0.1) is 0 Å². The highest BCUT2D eigenvalue weighted by atomic mass is 32.2. The van der Waals surface area contributed by atoms with E-state index in [-0.39, 0.29) is 36.4 Å². The van der Waals surface area contributed by atoms with Crippen LogP contribution in [0.4, 0.5) is 0 Å². The second kappa shape index (κ2) is 7.42. The predicted molar refractivity (Wildman–Crippen MR) is 86.4 cm³/mol. The van der Waals surface area contributed by atoms with Gasteiger partial charge in [-0.05, 0) is 24.1 Å². The molecule has 0 aliphatic carbocycles. The Balaban J connectivity index is 2.55. The van der Waals surface area contributed by atoms with Crippen molar-refractivity contribution in [3.8, 4) is 5.75 Å². The van der Waals surface area contributed by atoms with Gasteiger partial charge in [0.1, 0.15) is 11.9 Å². The fourth-order valence-corrected chi connectivity index (χ4v) is 2.11. The molecule has 0 spiro atoms. The molecule has 0 aliphatic rings. The van der Waals surface area contributed by atoms with Gasteiger partial charge in [-0.25, -0.2) is 0 Å². The van der Waals surface area contributed by atoms with Gasteiger partial charge in [-0.1, -0.05) is 48.4 Å². The van der Waals surface area contributed by atoms with Crippen molar-refractivity contribution < 1.29 is 26.9 Å². The van der Waals surface area contributed by atoms with E-state index in [0.717, 1.165) is 6.26 Å². The molecule has 118 valence electrons. The fraction of sp³-hybridized carbons (Fsp3) is 0.294. The molecule has 0 radical (unpaired) electrons. The topological polar surface area (TPSA) is 52.6 Å². The third-order valence-corrected chi connectivity index (χ3v) is 3.32. The molecule has 0 heterocycles. The van der Waals surface area contributed by atoms with Crippen LogP contribution in [0.1, 0.15) is 33.2 Å². The maximum absolute atomic E-state index is 11.3. The number of hydrogen-bond donors (Lipinski definition) is 0. The molecule has 0 bridgehead atoms. The lowest BCUT2D eigenvalue weighted by molar-refractivity contribution is 0.165. The second-order valence-corrected chi connectivity index (χ2v) is 6.22. The van der Waals surface area contributed by atoms with Crippen LogP contribution in [0.5, 0.6) is 5.75 Å². The van der Waals surface area contributed by atoms with Crippen LogP contribution in [0.2, 0.25) is 0 Å². The Morgan fingerprint density at radius 2 is 1.91 bits per heavy atom. The molecule has 0 saturated carbocycles. The van der Waals surface area contributed by atoms with E-state index in [9.17, 15) is 8.42 Å². The normalized spacial score (nSPS) is 17.3. The number of benzene rings is 2. The van der Waals surface area contributed by atoms with Gasteiger partial charge >= 0.3 is 0 Å². The highest BCUT2D eigenvalue weighted by molar-refractivity contribution is 7.85. The smallest absolute Gasteiger partial charge is 0.264 e. The standard InChI is InChI=1S/C17H20O4S/c1-14-8-6-7-11-16(14)21-17(12-13-20-22(2,18)19)15-9-4-3-5-10-15/h3-11,17H,12-13H2,1-2H3/i3D,4D,5D,6D,9D,10D,11D. The van der Waals surface area contributed by atoms with Gasteiger partial charge < -0.3 is 4.74 Å². The Labute approximate surface area is 141 Å². The number of hydrogen-bond acceptors (Lipinski definition) is 4. The van der Waals surface area contributed by atoms with Gasteiger partial charge in [0.25, 0.3) is 10.1 Å². The van der Waals surface area contributed by atoms with Crippen molar-refractivity contribution in [1.29, 1.82) is 0 Å². The van der Waals surface area contributed by atoms with Crippen molar-refractivity contribution in [3.05, 3.63) is 65.6 Å². The number of aryl methyl sites for hydroxylation is 1. The highest BCUT2D eigenvalue weighted by Gasteiger charge is 2.15. The Hall–Kier alpha value is -1.85. The number of ether oxygens (including phenoxy) is 1. The van der Waals surface area contributed by atoms with Crippen LogP contribution >= 0.6 is 0 Å². The molecule has 0 fully saturated rings. The maximum Gasteiger partial charge on any atom is 0.264 e. The molecule has 0 N–H and O–H groups in total. The summed E-state index contributed by atoms with van der Waals surface area (Å²) in [4.78, 5) is 0. The van der Waals surface area contributed by atoms with Crippen LogP contribution in [-0.4, -0.2) is 21.3 Å². The first-order valence-electron chi connectivity index (χ1n) is 9.99. The van der Waals surface area contributed by atoms with Crippen molar-refractivity contribution in [3.63, 3.8) is 0 Å². The fourth-order valence-electron chi connectivity index (χ4n) is 1.71. The van der Waals surface area contributed by atoms with E-state index in [2.05, 4.69) is 0 Å². The van der Waals surface area contributed by atoms with E-state index in [4.69, 9.17) is 18.5 Å². The molecule has 5 heteroatoms. The minimum Gasteiger partial charge on any atom is -0.485 e. The Bertz CT molecular complexity index is 989. The molecule has 1 atom stereocenters. The van der Waals surface area contributed by atoms with Crippen LogP contribution in [-0.2, 0) is 14.3 Å². The summed E-state index contributed by atoms with van der Waals surface area (Å²) in [6.07, 6.45) is -0.459. The molecule has 2 aromatic carbocycles. The summed E-state index contributed by atoms with van der Waals surface area (Å²) in [7, 11) is -3.76. The quantitative estimate of drug-likeness (QED) is 0.731. The number of rotatable bonds is 7. The minimum absolute atomic E-state index is 0.0668. The molecule has 0 aliphatic heterocycles. The SMILES string of the molecule is [2H]c1cc([2H])c(OC(CCOS(C)(=O)=O)c2c([2H])c([2H])c([2H])c([2H])c2[2H])c(C)c1. The van der Waals surface area contributed by atoms with Gasteiger partial charge in [0.2, 0.25) is 0 Å². The summed E-state index contributed by atoms with van der Waals surface area (Å²) < 4.78 is 88.5. The zero-order valence-electron chi connectivity index (χ0n) is 19.2. The summed E-state index contributed by atoms with van der Waals surface area (Å²) in [5, 5.41) is 0. The van der Waals surface area contributed by atoms with Crippen molar-refractivity contribution >= 4 is 10.1 Å². The van der Waals surface area contributed by atoms with Crippen molar-refractivity contribution in [1.82, 2.24) is 0 Å². The molecule has 22 heavy (non-hydrogen) atoms. The van der Waals surface area contributed by atoms with Crippen LogP contribution in [0.25, 0.3) is 0 Å². The minimum atomic E-state index is -3.76. The van der Waals surface area contributed by atoms with Gasteiger partial charge in [0.05, 0.1) is 22.5 Å². The van der Waals surface area contributed by atoms with Crippen LogP contribution in [0, 0.1) is 6.92 Å². The summed E-state index contributed by atoms with van der Waals surface area (Å²) in [5.41, 5.74) is 0.283. The molecule has 4 nitrogen and oxygen atoms in total. The van der Waals surface area contributed by atoms with Crippen molar-refractivity contribution in [2.75, 3.05) is 12.9 Å². The molecule has 0 amide bonds. The Morgan fingerprint density at radius 3 is 2.55 bits per heavy atom. The van der Waals surface area contributed by atoms with E-state index < -0.39 is 46.4 Å². The van der Waals surface area contributed by atoms with Gasteiger partial charge in [0, 0.05) is 6.42 Å². The maximum atomic E-state index is 11.3. The molecule has 0 aromatic heterocycles. The molecular weight excluding hydrogens is 300 g/mol. The van der Waals surface area contributed by atoms with E-state index >= 15 is 0 Å². The van der Waals surface area contributed by atoms with Crippen molar-refractivity contribution in [2.24, 2.45) is 0 Å². The third-order valence-electron chi connectivity index (χ3n) is 2.72. The van der Waals surface area contributed by atoms with E-state index in [1.165, 1.54) is 12.1 Å². The highest BCUT2D eigenvalue weighted by Crippen LogP contribution is 2.27. The first kappa shape index (κ1) is 9.33. The number of para-hydroxylation sites is 1. The molecule has 0 saturated heterocycles. The Morgan fingerprint density at radius 1 is 1.18 bits per heavy atom. The van der Waals surface area contributed by atoms with Crippen LogP contribution in [0.3, 0.4) is 0 Å². The Kier molecular flexibility index (Phi) is 3.15. The molecule has 2 rings (SSSR count). The molecule has 1 unspecified atom stereocenters. The second-order valence-electron chi connectivity index (χ2n) is 4.57. The summed E-state index contributed by atoms with van der Waals surface area (Å²) in [6, 6.07) is 0.0457. The van der Waals surface area contributed by atoms with E-state index in [0.29, 0.717) is 5.56 Å². The first-order valence-corrected chi connectivity index (χ1v) is 8.30. The van der Waals surface area contributed by atoms with Crippen LogP contribution < -0.4 is 4.74 Å². The largest absolute Gasteiger partial charge is 0.485 e. The lowest BCUT2D eigenvalue weighted by Crippen LogP contribution is -2.13. The summed E-state index contributed by atoms with van der Waals surface area (Å²) in [6.45, 7) is 1.26. The van der Waals surface area contributed by atoms with Gasteiger partial charge in [0.15, 0.2) is 0 Å². The predicted octanol–water partition coefficient (Wildman–Crippen LogP) is 3.48. The first-order chi connectivity index (χ1) is 13.3. The van der Waals surface area contributed by atoms with Crippen LogP contribution in [0.15, 0.2) is 54.4 Å². The van der Waals surface area contributed by atoms with Gasteiger partial charge in [-0.3, -0.25) is 4.18 Å². The van der Waals surface area contributed by atoms with E-state index in [1.807, 2.05) is 0 Å². The lowest BCUT2D eigenvalue weighted by atomic mass is 10.1. The third kappa shape index (κ3) is 5.16. The zero-order chi connectivity index (χ0) is 22.1. The van der Waals surface area contributed by atoms with Crippen molar-refractivity contribution in [2.45, 2.75) is 19.4 Å². The summed E-state index contributed by atoms with van der Waals surface area (Å²) in [5.74, 6) is 0.0668. The average Bonchev–Trinajstić information content (AvgIpc) is 2.59. The monoisotopic (exact) mass is 327 g/mol. The molecule has 2 aromatic rings. The van der Waals surface area contributed by atoms with E-state index in [1.54, 1.807) is 6.92 Å². The zero-order valence-corrected chi connectivity index (χ0v) is 13.0. The molecular formula is C17H20O4S. The summed E-state index contributed by atoms with van der Waals surface area (Å²) >= 11 is 0. The lowest BCUT2D eigenvalue weighted by Gasteiger charge is -2.20.